The molecular weight excluding hydrogens is 1150 g/mol. The van der Waals surface area contributed by atoms with E-state index in [0.717, 1.165) is 115 Å². The molecule has 0 saturated carbocycles. The summed E-state index contributed by atoms with van der Waals surface area (Å²) in [5.41, 5.74) is 0. The van der Waals surface area contributed by atoms with E-state index in [1.165, 1.54) is 122 Å². The second kappa shape index (κ2) is 57.9. The van der Waals surface area contributed by atoms with Crippen LogP contribution in [0, 0.1) is 23.7 Å². The van der Waals surface area contributed by atoms with Crippen molar-refractivity contribution in [2.45, 2.75) is 350 Å². The van der Waals surface area contributed by atoms with Crippen LogP contribution in [0.1, 0.15) is 331 Å². The van der Waals surface area contributed by atoms with Gasteiger partial charge >= 0.3 is 39.5 Å². The van der Waals surface area contributed by atoms with Gasteiger partial charge in [0, 0.05) is 25.7 Å². The quantitative estimate of drug-likeness (QED) is 0.0222. The number of carbonyl (C=O) groups is 4. The van der Waals surface area contributed by atoms with E-state index in [-0.39, 0.29) is 25.7 Å². The first-order valence-electron chi connectivity index (χ1n) is 35.2. The molecule has 0 rings (SSSR count). The molecule has 0 aromatic heterocycles. The number of rotatable bonds is 65. The largest absolute Gasteiger partial charge is 0.472 e. The number of carbonyl (C=O) groups excluding carboxylic acids is 4. The number of hydrogen-bond acceptors (Lipinski definition) is 15. The highest BCUT2D eigenvalue weighted by atomic mass is 31.2. The van der Waals surface area contributed by atoms with Crippen molar-refractivity contribution in [1.29, 1.82) is 0 Å². The first kappa shape index (κ1) is 85.1. The van der Waals surface area contributed by atoms with Crippen LogP contribution in [0.25, 0.3) is 0 Å². The third-order valence-corrected chi connectivity index (χ3v) is 17.8. The normalized spacial score (nSPS) is 14.6. The van der Waals surface area contributed by atoms with Gasteiger partial charge in [0.15, 0.2) is 12.2 Å². The van der Waals surface area contributed by atoms with Gasteiger partial charge in [0.1, 0.15) is 19.3 Å². The van der Waals surface area contributed by atoms with E-state index < -0.39 is 97.5 Å². The molecule has 0 saturated heterocycles. The van der Waals surface area contributed by atoms with Gasteiger partial charge in [0.05, 0.1) is 26.4 Å². The summed E-state index contributed by atoms with van der Waals surface area (Å²) in [4.78, 5) is 72.3. The van der Waals surface area contributed by atoms with Crippen LogP contribution < -0.4 is 0 Å². The summed E-state index contributed by atoms with van der Waals surface area (Å²) >= 11 is 0. The van der Waals surface area contributed by atoms with Gasteiger partial charge in [-0.15, -0.1) is 0 Å². The van der Waals surface area contributed by atoms with Gasteiger partial charge in [0.2, 0.25) is 0 Å². The molecule has 0 fully saturated rings. The zero-order valence-corrected chi connectivity index (χ0v) is 58.4. The molecule has 0 aromatic carbocycles. The summed E-state index contributed by atoms with van der Waals surface area (Å²) in [6.45, 7) is 14.0. The van der Waals surface area contributed by atoms with Gasteiger partial charge in [-0.1, -0.05) is 280 Å². The van der Waals surface area contributed by atoms with Gasteiger partial charge in [-0.05, 0) is 49.4 Å². The minimum atomic E-state index is -4.95. The summed E-state index contributed by atoms with van der Waals surface area (Å²) in [5.74, 6) is 0.769. The molecule has 0 aromatic rings. The molecule has 17 nitrogen and oxygen atoms in total. The molecule has 0 aliphatic carbocycles. The average molecular weight is 1280 g/mol. The van der Waals surface area contributed by atoms with Crippen LogP contribution in [0.4, 0.5) is 0 Å². The van der Waals surface area contributed by atoms with Crippen molar-refractivity contribution >= 4 is 39.5 Å². The molecule has 6 atom stereocenters. The van der Waals surface area contributed by atoms with Crippen molar-refractivity contribution < 1.29 is 80.2 Å². The molecule has 516 valence electrons. The van der Waals surface area contributed by atoms with E-state index >= 15 is 0 Å². The maximum absolute atomic E-state index is 13.0. The number of aliphatic hydroxyl groups is 1. The van der Waals surface area contributed by atoms with Crippen LogP contribution in [0.15, 0.2) is 0 Å². The molecule has 0 amide bonds. The molecule has 3 unspecified atom stereocenters. The zero-order chi connectivity index (χ0) is 64.7. The highest BCUT2D eigenvalue weighted by Gasteiger charge is 2.30. The number of esters is 4. The fourth-order valence-corrected chi connectivity index (χ4v) is 11.7. The van der Waals surface area contributed by atoms with Crippen LogP contribution in [0.5, 0.6) is 0 Å². The summed E-state index contributed by atoms with van der Waals surface area (Å²) in [7, 11) is -9.90. The van der Waals surface area contributed by atoms with E-state index in [4.69, 9.17) is 37.0 Å². The van der Waals surface area contributed by atoms with E-state index in [1.54, 1.807) is 0 Å². The number of ether oxygens (including phenoxy) is 4. The van der Waals surface area contributed by atoms with Crippen molar-refractivity contribution in [2.24, 2.45) is 23.7 Å². The lowest BCUT2D eigenvalue weighted by molar-refractivity contribution is -0.161. The Morgan fingerprint density at radius 3 is 0.816 bits per heavy atom. The summed E-state index contributed by atoms with van der Waals surface area (Å²) in [5, 5.41) is 10.6. The van der Waals surface area contributed by atoms with Gasteiger partial charge in [0.25, 0.3) is 0 Å². The molecule has 0 radical (unpaired) electrons. The summed E-state index contributed by atoms with van der Waals surface area (Å²) < 4.78 is 68.1. The van der Waals surface area contributed by atoms with Gasteiger partial charge in [-0.25, -0.2) is 9.13 Å². The lowest BCUT2D eigenvalue weighted by Gasteiger charge is -2.21. The maximum atomic E-state index is 13.0. The predicted octanol–water partition coefficient (Wildman–Crippen LogP) is 18.9. The topological polar surface area (TPSA) is 237 Å². The highest BCUT2D eigenvalue weighted by Crippen LogP contribution is 2.45. The van der Waals surface area contributed by atoms with E-state index in [2.05, 4.69) is 55.4 Å². The molecule has 0 heterocycles. The Balaban J connectivity index is 5.20. The van der Waals surface area contributed by atoms with Crippen LogP contribution in [0.3, 0.4) is 0 Å². The minimum Gasteiger partial charge on any atom is -0.462 e. The van der Waals surface area contributed by atoms with Crippen LogP contribution in [-0.2, 0) is 65.4 Å². The third-order valence-electron chi connectivity index (χ3n) is 15.9. The number of phosphoric ester groups is 2. The van der Waals surface area contributed by atoms with Crippen molar-refractivity contribution in [1.82, 2.24) is 0 Å². The summed E-state index contributed by atoms with van der Waals surface area (Å²) in [6.07, 6.45) is 39.3. The highest BCUT2D eigenvalue weighted by molar-refractivity contribution is 7.47. The number of hydrogen-bond donors (Lipinski definition) is 3. The summed E-state index contributed by atoms with van der Waals surface area (Å²) in [6, 6.07) is 0. The molecular formula is C68H132O17P2. The van der Waals surface area contributed by atoms with Crippen molar-refractivity contribution in [2.75, 3.05) is 39.6 Å². The second-order valence-corrected chi connectivity index (χ2v) is 29.1. The molecule has 0 aliphatic rings. The standard InChI is InChI=1S/C68H132O17P2/c1-9-61(8)47-39-31-25-27-33-41-49-66(71)79-55-63(84-67(72)50-42-34-22-18-16-14-12-10-11-13-15-17-20-28-36-44-58(2)3)56-82-86(74,75)80-52-62(69)53-81-87(76,77)83-57-64(85-68(73)51-43-35-26-24-30-38-46-60(6)7)54-78-65(70)48-40-32-23-19-21-29-37-45-59(4)5/h58-64,69H,9-57H2,1-8H3,(H,74,75)(H,76,77)/t61?,62-,63+,64+/m0/s1. The maximum Gasteiger partial charge on any atom is 0.472 e. The predicted molar refractivity (Wildman–Crippen MR) is 349 cm³/mol. The van der Waals surface area contributed by atoms with E-state index in [1.807, 2.05) is 0 Å². The van der Waals surface area contributed by atoms with Crippen LogP contribution in [-0.4, -0.2) is 96.7 Å². The average Bonchev–Trinajstić information content (AvgIpc) is 3.67. The fourth-order valence-electron chi connectivity index (χ4n) is 10.1. The first-order valence-corrected chi connectivity index (χ1v) is 38.2. The first-order chi connectivity index (χ1) is 41.6. The lowest BCUT2D eigenvalue weighted by Crippen LogP contribution is -2.30. The van der Waals surface area contributed by atoms with Crippen molar-refractivity contribution in [3.8, 4) is 0 Å². The lowest BCUT2D eigenvalue weighted by atomic mass is 10.00. The van der Waals surface area contributed by atoms with Gasteiger partial charge in [-0.2, -0.15) is 0 Å². The van der Waals surface area contributed by atoms with Crippen molar-refractivity contribution in [3.05, 3.63) is 0 Å². The minimum absolute atomic E-state index is 0.101. The van der Waals surface area contributed by atoms with E-state index in [9.17, 15) is 43.2 Å². The SMILES string of the molecule is CCC(C)CCCCCCCCC(=O)OC[C@H](COP(=O)(O)OC[C@H](O)COP(=O)(O)OC[C@@H](COC(=O)CCCCCCCCCC(C)C)OC(=O)CCCCCCCCC(C)C)OC(=O)CCCCCCCCCCCCCCCCCC(C)C. The monoisotopic (exact) mass is 1280 g/mol. The molecule has 3 N–H and O–H groups in total. The number of aliphatic hydroxyl groups excluding tert-OH is 1. The number of phosphoric acid groups is 2. The Morgan fingerprint density at radius 2 is 0.552 bits per heavy atom. The van der Waals surface area contributed by atoms with Crippen LogP contribution in [0.2, 0.25) is 0 Å². The second-order valence-electron chi connectivity index (χ2n) is 26.2. The Labute approximate surface area is 530 Å². The number of unbranched alkanes of at least 4 members (excludes halogenated alkanes) is 30. The molecule has 0 bridgehead atoms. The smallest absolute Gasteiger partial charge is 0.462 e. The fraction of sp³-hybridized carbons (Fsp3) is 0.941. The molecule has 0 spiro atoms. The molecule has 87 heavy (non-hydrogen) atoms. The third kappa shape index (κ3) is 61.3. The van der Waals surface area contributed by atoms with Crippen molar-refractivity contribution in [3.63, 3.8) is 0 Å². The van der Waals surface area contributed by atoms with Crippen LogP contribution >= 0.6 is 15.6 Å². The zero-order valence-electron chi connectivity index (χ0n) is 56.6. The van der Waals surface area contributed by atoms with E-state index in [0.29, 0.717) is 37.5 Å². The Morgan fingerprint density at radius 1 is 0.322 bits per heavy atom. The Bertz CT molecular complexity index is 1730. The Hall–Kier alpha value is -1.94. The van der Waals surface area contributed by atoms with Gasteiger partial charge in [-0.3, -0.25) is 37.3 Å². The Kier molecular flexibility index (Phi) is 56.6. The molecule has 19 heteroatoms. The van der Waals surface area contributed by atoms with Gasteiger partial charge < -0.3 is 33.8 Å². The molecule has 0 aliphatic heterocycles.